The summed E-state index contributed by atoms with van der Waals surface area (Å²) >= 11 is 0.936. The van der Waals surface area contributed by atoms with Crippen LogP contribution in [0, 0.1) is 29.6 Å². The third kappa shape index (κ3) is 11.7. The molecule has 6 aliphatic heterocycles. The summed E-state index contributed by atoms with van der Waals surface area (Å²) in [4.78, 5) is 149. The number of nitrogens with two attached hydrogens (primary N) is 1. The van der Waals surface area contributed by atoms with Crippen molar-refractivity contribution in [3.05, 3.63) is 69.6 Å². The van der Waals surface area contributed by atoms with E-state index >= 15 is 0 Å². The minimum atomic E-state index is -5.86. The lowest BCUT2D eigenvalue weighted by atomic mass is 9.89. The number of thiophene rings is 1. The summed E-state index contributed by atoms with van der Waals surface area (Å²) in [5, 5.41) is 8.11. The van der Waals surface area contributed by atoms with E-state index < -0.39 is 90.5 Å². The summed E-state index contributed by atoms with van der Waals surface area (Å²) < 4.78 is 41.1. The quantitative estimate of drug-likeness (QED) is 0.0770. The van der Waals surface area contributed by atoms with E-state index in [2.05, 4.69) is 27.8 Å². The first kappa shape index (κ1) is 57.6. The summed E-state index contributed by atoms with van der Waals surface area (Å²) in [5.41, 5.74) is 2.19. The molecule has 21 nitrogen and oxygen atoms in total. The Hall–Kier alpha value is -6.64. The predicted octanol–water partition coefficient (Wildman–Crippen LogP) is 3.13. The topological polar surface area (TPSA) is 289 Å². The molecule has 432 valence electrons. The van der Waals surface area contributed by atoms with Crippen LogP contribution in [-0.2, 0) is 50.3 Å². The van der Waals surface area contributed by atoms with Crippen LogP contribution >= 0.6 is 18.9 Å². The molecule has 0 radical (unpaired) electrons. The van der Waals surface area contributed by atoms with Crippen molar-refractivity contribution in [2.24, 2.45) is 23.5 Å². The van der Waals surface area contributed by atoms with Gasteiger partial charge in [-0.15, -0.1) is 11.3 Å². The number of nitrogens with one attached hydrogen (secondary N) is 3. The Labute approximate surface area is 470 Å². The van der Waals surface area contributed by atoms with Gasteiger partial charge in [-0.3, -0.25) is 53.0 Å². The Morgan fingerprint density at radius 1 is 0.951 bits per heavy atom. The SMILES string of the molecule is CN1CC[C@H]2CC[C@@H](C(=O)NC(CCC(N)=O)C(=O)N3C[C@@H]4CCC[C@@H]4[C@H]3C(=O)N3CCC(CCC#Cc4cccc5c4CN(C4CCC(=O)NC4=O)C5=O)CC3)N2C(=O)[C@@H](NC(=O)c2cc3cc(C(F)(F)P(=O)(O)O)ccc3s2)C1. The van der Waals surface area contributed by atoms with Crippen molar-refractivity contribution < 1.29 is 66.3 Å². The molecule has 7 heterocycles. The fraction of sp³-hybridized carbons (Fsp3) is 0.554. The van der Waals surface area contributed by atoms with Gasteiger partial charge in [-0.05, 0) is 137 Å². The van der Waals surface area contributed by atoms with Gasteiger partial charge in [0, 0.05) is 79.4 Å². The average Bonchev–Trinajstić information content (AvgIpc) is 4.29. The second-order valence-electron chi connectivity index (χ2n) is 22.7. The number of nitrogens with zero attached hydrogens (tertiary/aromatic N) is 5. The number of carbonyl (C=O) groups excluding carboxylic acids is 9. The maximum atomic E-state index is 14.9. The van der Waals surface area contributed by atoms with Gasteiger partial charge in [0.1, 0.15) is 30.2 Å². The minimum Gasteiger partial charge on any atom is -0.370 e. The highest BCUT2D eigenvalue weighted by atomic mass is 32.1. The molecule has 7 N–H and O–H groups in total. The monoisotopic (exact) mass is 1160 g/mol. The van der Waals surface area contributed by atoms with E-state index in [0.29, 0.717) is 61.3 Å². The lowest BCUT2D eigenvalue weighted by molar-refractivity contribution is -0.149. The van der Waals surface area contributed by atoms with Crippen LogP contribution < -0.4 is 21.7 Å². The second kappa shape index (κ2) is 23.3. The van der Waals surface area contributed by atoms with E-state index in [1.165, 1.54) is 21.9 Å². The first-order valence-corrected chi connectivity index (χ1v) is 30.2. The highest BCUT2D eigenvalue weighted by Gasteiger charge is 2.53. The lowest BCUT2D eigenvalue weighted by Gasteiger charge is -2.38. The maximum Gasteiger partial charge on any atom is 0.399 e. The molecule has 2 unspecified atom stereocenters. The van der Waals surface area contributed by atoms with Crippen LogP contribution in [0.5, 0.6) is 0 Å². The number of alkyl halides is 2. The third-order valence-corrected chi connectivity index (χ3v) is 19.7. The number of hydrogen-bond donors (Lipinski definition) is 6. The van der Waals surface area contributed by atoms with Gasteiger partial charge in [0.25, 0.3) is 11.8 Å². The van der Waals surface area contributed by atoms with E-state index in [0.717, 1.165) is 67.6 Å². The molecular weight excluding hydrogens is 1090 g/mol. The molecule has 8 atom stereocenters. The molecule has 6 fully saturated rings. The smallest absolute Gasteiger partial charge is 0.370 e. The van der Waals surface area contributed by atoms with E-state index in [4.69, 9.17) is 5.73 Å². The molecule has 3 aromatic rings. The Morgan fingerprint density at radius 3 is 2.47 bits per heavy atom. The maximum absolute atomic E-state index is 14.9. The van der Waals surface area contributed by atoms with Gasteiger partial charge in [0.15, 0.2) is 0 Å². The number of primary amides is 1. The largest absolute Gasteiger partial charge is 0.399 e. The lowest BCUT2D eigenvalue weighted by Crippen LogP contribution is -2.61. The van der Waals surface area contributed by atoms with Gasteiger partial charge >= 0.3 is 13.3 Å². The van der Waals surface area contributed by atoms with Crippen molar-refractivity contribution in [2.75, 3.05) is 39.8 Å². The van der Waals surface area contributed by atoms with E-state index in [1.54, 1.807) is 24.1 Å². The van der Waals surface area contributed by atoms with Crippen molar-refractivity contribution in [1.82, 2.24) is 40.4 Å². The molecule has 25 heteroatoms. The molecule has 1 aliphatic carbocycles. The number of amides is 9. The van der Waals surface area contributed by atoms with E-state index in [-0.39, 0.29) is 90.9 Å². The highest BCUT2D eigenvalue weighted by Crippen LogP contribution is 2.59. The van der Waals surface area contributed by atoms with Crippen molar-refractivity contribution in [3.8, 4) is 11.8 Å². The van der Waals surface area contributed by atoms with Gasteiger partial charge in [0.2, 0.25) is 41.4 Å². The number of carbonyl (C=O) groups is 9. The number of fused-ring (bicyclic) bond motifs is 4. The number of imide groups is 1. The van der Waals surface area contributed by atoms with Crippen molar-refractivity contribution in [3.63, 3.8) is 0 Å². The molecule has 5 saturated heterocycles. The second-order valence-corrected chi connectivity index (χ2v) is 25.4. The molecule has 1 aromatic heterocycles. The predicted molar refractivity (Wildman–Crippen MR) is 289 cm³/mol. The molecule has 0 bridgehead atoms. The Morgan fingerprint density at radius 2 is 1.73 bits per heavy atom. The Balaban J connectivity index is 0.776. The van der Waals surface area contributed by atoms with Crippen LogP contribution in [0.1, 0.15) is 127 Å². The highest BCUT2D eigenvalue weighted by molar-refractivity contribution is 7.52. The Kier molecular flexibility index (Phi) is 16.6. The summed E-state index contributed by atoms with van der Waals surface area (Å²) in [6, 6.07) is 4.28. The van der Waals surface area contributed by atoms with Gasteiger partial charge in [-0.25, -0.2) is 0 Å². The standard InChI is InChI=1S/C56H66F2N9O12PS/c1-63-23-22-36-13-15-43(67(36)54(75)41(30-63)61-51(72)45-27-34-26-35(12-17-44(34)81-45)56(57,58)80(77,78)79)50(71)60-40(14-18-46(59)68)53(74)66-28-33-9-5-10-37(33)48(66)55(76)64-24-20-31(21-25-64)6-2-3-7-32-8-4-11-38-39(32)29-65(52(38)73)42-16-19-47(69)62-49(42)70/h4,8,11-12,17,26-27,31,33,36-37,40-43,48H,2,5-6,9-10,13-16,18-25,28-30H2,1H3,(H2,59,68)(H,60,71)(H,61,72)(H,62,69,70)(H2,77,78,79)/t33-,36+,37-,40?,41-,42?,43-,48-/m0/s1. The summed E-state index contributed by atoms with van der Waals surface area (Å²) in [5.74, 6) is 2.46. The zero-order valence-electron chi connectivity index (χ0n) is 44.8. The number of likely N-dealkylation sites (N-methyl/N-ethyl adjacent to an activating group) is 1. The summed E-state index contributed by atoms with van der Waals surface area (Å²) in [7, 11) is -4.07. The zero-order chi connectivity index (χ0) is 57.7. The number of hydrogen-bond acceptors (Lipinski definition) is 12. The molecule has 9 amide bonds. The first-order valence-electron chi connectivity index (χ1n) is 27.8. The van der Waals surface area contributed by atoms with Gasteiger partial charge < -0.3 is 50.7 Å². The van der Waals surface area contributed by atoms with Crippen LogP contribution in [0.4, 0.5) is 8.78 Å². The van der Waals surface area contributed by atoms with Crippen molar-refractivity contribution in [1.29, 1.82) is 0 Å². The molecule has 10 rings (SSSR count). The third-order valence-electron chi connectivity index (χ3n) is 17.6. The Bertz CT molecular complexity index is 3190. The van der Waals surface area contributed by atoms with Crippen LogP contribution in [-0.4, -0.2) is 163 Å². The van der Waals surface area contributed by atoms with Gasteiger partial charge in [0.05, 0.1) is 4.88 Å². The zero-order valence-corrected chi connectivity index (χ0v) is 46.5. The molecule has 1 saturated carbocycles. The van der Waals surface area contributed by atoms with Crippen molar-refractivity contribution in [2.45, 2.75) is 138 Å². The van der Waals surface area contributed by atoms with Crippen LogP contribution in [0.15, 0.2) is 42.5 Å². The van der Waals surface area contributed by atoms with Gasteiger partial charge in [-0.1, -0.05) is 30.4 Å². The van der Waals surface area contributed by atoms with E-state index in [1.807, 2.05) is 15.9 Å². The fourth-order valence-corrected chi connectivity index (χ4v) is 14.7. The molecule has 0 spiro atoms. The van der Waals surface area contributed by atoms with Crippen LogP contribution in [0.25, 0.3) is 10.1 Å². The molecular formula is C56H66F2N9O12PS. The number of likely N-dealkylation sites (tertiary alicyclic amines) is 2. The summed E-state index contributed by atoms with van der Waals surface area (Å²) in [6.07, 6.45) is 6.55. The number of piperidine rings is 2. The average molecular weight is 1160 g/mol. The van der Waals surface area contributed by atoms with Crippen molar-refractivity contribution >= 4 is 82.2 Å². The normalized spacial score (nSPS) is 25.8. The first-order chi connectivity index (χ1) is 38.6. The fourth-order valence-electron chi connectivity index (χ4n) is 13.3. The number of halogens is 2. The molecule has 7 aliphatic rings. The van der Waals surface area contributed by atoms with Crippen LogP contribution in [0.2, 0.25) is 0 Å². The van der Waals surface area contributed by atoms with Gasteiger partial charge in [-0.2, -0.15) is 8.78 Å². The van der Waals surface area contributed by atoms with Crippen LogP contribution in [0.3, 0.4) is 0 Å². The molecule has 81 heavy (non-hydrogen) atoms. The summed E-state index contributed by atoms with van der Waals surface area (Å²) in [6.45, 7) is 2.06. The number of benzene rings is 2. The number of rotatable bonds is 14. The minimum absolute atomic E-state index is 0.0464. The molecule has 2 aromatic carbocycles. The van der Waals surface area contributed by atoms with E-state index in [9.17, 15) is 66.3 Å².